The Hall–Kier alpha value is -0.803. The van der Waals surface area contributed by atoms with Crippen LogP contribution in [0.15, 0.2) is 24.3 Å². The van der Waals surface area contributed by atoms with Gasteiger partial charge in [0.1, 0.15) is 0 Å². The molecular formula is C9H15NOSi. The molecule has 1 rings (SSSR count). The first-order chi connectivity index (χ1) is 5.47. The maximum Gasteiger partial charge on any atom is 0.186 e. The van der Waals surface area contributed by atoms with Crippen LogP contribution in [0.2, 0.25) is 13.1 Å². The van der Waals surface area contributed by atoms with Gasteiger partial charge in [-0.2, -0.15) is 0 Å². The van der Waals surface area contributed by atoms with Crippen molar-refractivity contribution in [1.29, 1.82) is 0 Å². The SMILES string of the molecule is C[Si](C)(O)Cc1ccc(N)cc1. The monoisotopic (exact) mass is 181 g/mol. The molecule has 0 fully saturated rings. The van der Waals surface area contributed by atoms with E-state index in [2.05, 4.69) is 0 Å². The Kier molecular flexibility index (Phi) is 2.54. The normalized spacial score (nSPS) is 11.6. The Morgan fingerprint density at radius 2 is 1.75 bits per heavy atom. The summed E-state index contributed by atoms with van der Waals surface area (Å²) in [6, 6.07) is 8.48. The topological polar surface area (TPSA) is 46.2 Å². The summed E-state index contributed by atoms with van der Waals surface area (Å²) in [7, 11) is -1.96. The molecule has 3 heteroatoms. The molecule has 3 N–H and O–H groups in total. The largest absolute Gasteiger partial charge is 0.432 e. The van der Waals surface area contributed by atoms with Crippen LogP contribution < -0.4 is 5.73 Å². The lowest BCUT2D eigenvalue weighted by atomic mass is 10.2. The maximum absolute atomic E-state index is 9.65. The van der Waals surface area contributed by atoms with Crippen LogP contribution in [0.4, 0.5) is 5.69 Å². The van der Waals surface area contributed by atoms with Gasteiger partial charge in [-0.25, -0.2) is 0 Å². The molecule has 1 aromatic carbocycles. The lowest BCUT2D eigenvalue weighted by Gasteiger charge is -2.13. The van der Waals surface area contributed by atoms with E-state index < -0.39 is 8.32 Å². The van der Waals surface area contributed by atoms with Crippen molar-refractivity contribution in [3.63, 3.8) is 0 Å². The van der Waals surface area contributed by atoms with Gasteiger partial charge < -0.3 is 10.5 Å². The number of nitrogens with two attached hydrogens (primary N) is 1. The van der Waals surface area contributed by atoms with E-state index in [0.29, 0.717) is 0 Å². The molecule has 0 aliphatic carbocycles. The number of benzene rings is 1. The fraction of sp³-hybridized carbons (Fsp3) is 0.333. The predicted molar refractivity (Wildman–Crippen MR) is 54.3 cm³/mol. The predicted octanol–water partition coefficient (Wildman–Crippen LogP) is 1.55. The zero-order chi connectivity index (χ0) is 9.19. The van der Waals surface area contributed by atoms with Crippen LogP contribution in [0, 0.1) is 0 Å². The third-order valence-electron chi connectivity index (χ3n) is 1.62. The zero-order valence-electron chi connectivity index (χ0n) is 7.54. The number of anilines is 1. The van der Waals surface area contributed by atoms with Crippen LogP contribution in [0.1, 0.15) is 5.56 Å². The molecule has 0 radical (unpaired) electrons. The van der Waals surface area contributed by atoms with Gasteiger partial charge in [0.25, 0.3) is 0 Å². The van der Waals surface area contributed by atoms with Crippen molar-refractivity contribution in [2.45, 2.75) is 19.1 Å². The molecule has 12 heavy (non-hydrogen) atoms. The highest BCUT2D eigenvalue weighted by atomic mass is 28.4. The van der Waals surface area contributed by atoms with Crippen LogP contribution in [0.5, 0.6) is 0 Å². The Balaban J connectivity index is 2.71. The van der Waals surface area contributed by atoms with E-state index in [4.69, 9.17) is 5.73 Å². The van der Waals surface area contributed by atoms with Gasteiger partial charge in [-0.3, -0.25) is 0 Å². The Labute approximate surface area is 74.2 Å². The van der Waals surface area contributed by atoms with Crippen molar-refractivity contribution < 1.29 is 4.80 Å². The molecule has 0 heterocycles. The van der Waals surface area contributed by atoms with Gasteiger partial charge in [0.2, 0.25) is 0 Å². The first kappa shape index (κ1) is 9.29. The lowest BCUT2D eigenvalue weighted by Crippen LogP contribution is -2.28. The van der Waals surface area contributed by atoms with Gasteiger partial charge in [0.05, 0.1) is 0 Å². The molecule has 66 valence electrons. The first-order valence-corrected chi connectivity index (χ1v) is 7.20. The van der Waals surface area contributed by atoms with E-state index in [1.807, 2.05) is 37.4 Å². The van der Waals surface area contributed by atoms with Gasteiger partial charge in [0, 0.05) is 5.69 Å². The number of hydrogen-bond donors (Lipinski definition) is 2. The average molecular weight is 181 g/mol. The maximum atomic E-state index is 9.65. The molecule has 0 bridgehead atoms. The summed E-state index contributed by atoms with van der Waals surface area (Å²) in [5.74, 6) is 0. The Morgan fingerprint density at radius 3 is 2.17 bits per heavy atom. The van der Waals surface area contributed by atoms with Crippen molar-refractivity contribution in [3.05, 3.63) is 29.8 Å². The fourth-order valence-corrected chi connectivity index (χ4v) is 2.37. The number of rotatable bonds is 2. The second kappa shape index (κ2) is 3.29. The summed E-state index contributed by atoms with van der Waals surface area (Å²) in [5, 5.41) is 0. The van der Waals surface area contributed by atoms with Crippen LogP contribution in [0.25, 0.3) is 0 Å². The zero-order valence-corrected chi connectivity index (χ0v) is 8.54. The van der Waals surface area contributed by atoms with Gasteiger partial charge in [-0.1, -0.05) is 12.1 Å². The quantitative estimate of drug-likeness (QED) is 0.537. The first-order valence-electron chi connectivity index (χ1n) is 4.04. The third-order valence-corrected chi connectivity index (χ3v) is 2.89. The van der Waals surface area contributed by atoms with E-state index in [1.54, 1.807) is 0 Å². The molecule has 0 saturated carbocycles. The minimum absolute atomic E-state index is 0.774. The molecule has 0 aliphatic heterocycles. The van der Waals surface area contributed by atoms with E-state index in [0.717, 1.165) is 11.7 Å². The standard InChI is InChI=1S/C9H15NOSi/c1-12(2,11)7-8-3-5-9(10)6-4-8/h3-6,11H,7,10H2,1-2H3. The van der Waals surface area contributed by atoms with E-state index in [9.17, 15) is 4.80 Å². The minimum Gasteiger partial charge on any atom is -0.432 e. The highest BCUT2D eigenvalue weighted by molar-refractivity contribution is 6.69. The molecule has 0 aromatic heterocycles. The summed E-state index contributed by atoms with van der Waals surface area (Å²) in [6.07, 6.45) is 0. The van der Waals surface area contributed by atoms with Gasteiger partial charge >= 0.3 is 0 Å². The van der Waals surface area contributed by atoms with Gasteiger partial charge in [-0.15, -0.1) is 0 Å². The molecule has 2 nitrogen and oxygen atoms in total. The Bertz CT molecular complexity index is 250. The molecule has 0 amide bonds. The molecule has 1 aromatic rings. The summed E-state index contributed by atoms with van der Waals surface area (Å²) >= 11 is 0. The smallest absolute Gasteiger partial charge is 0.186 e. The highest BCUT2D eigenvalue weighted by Gasteiger charge is 2.16. The summed E-state index contributed by atoms with van der Waals surface area (Å²) in [4.78, 5) is 9.65. The molecule has 0 aliphatic rings. The van der Waals surface area contributed by atoms with Crippen molar-refractivity contribution in [2.75, 3.05) is 5.73 Å². The van der Waals surface area contributed by atoms with Crippen LogP contribution >= 0.6 is 0 Å². The van der Waals surface area contributed by atoms with Crippen LogP contribution in [-0.2, 0) is 6.04 Å². The van der Waals surface area contributed by atoms with E-state index in [-0.39, 0.29) is 0 Å². The number of hydrogen-bond acceptors (Lipinski definition) is 2. The Morgan fingerprint density at radius 1 is 1.25 bits per heavy atom. The summed E-state index contributed by atoms with van der Waals surface area (Å²) in [5.41, 5.74) is 7.48. The van der Waals surface area contributed by atoms with E-state index in [1.165, 1.54) is 5.56 Å². The highest BCUT2D eigenvalue weighted by Crippen LogP contribution is 2.11. The molecular weight excluding hydrogens is 166 g/mol. The lowest BCUT2D eigenvalue weighted by molar-refractivity contribution is 0.548. The van der Waals surface area contributed by atoms with Crippen molar-refractivity contribution in [3.8, 4) is 0 Å². The molecule has 0 saturated heterocycles. The van der Waals surface area contributed by atoms with Crippen molar-refractivity contribution in [2.24, 2.45) is 0 Å². The second-order valence-corrected chi connectivity index (χ2v) is 7.71. The van der Waals surface area contributed by atoms with Crippen molar-refractivity contribution in [1.82, 2.24) is 0 Å². The van der Waals surface area contributed by atoms with Crippen LogP contribution in [0.3, 0.4) is 0 Å². The number of nitrogen functional groups attached to an aromatic ring is 1. The fourth-order valence-electron chi connectivity index (χ4n) is 1.14. The summed E-state index contributed by atoms with van der Waals surface area (Å²) < 4.78 is 0. The second-order valence-electron chi connectivity index (χ2n) is 3.73. The van der Waals surface area contributed by atoms with Crippen LogP contribution in [-0.4, -0.2) is 13.1 Å². The van der Waals surface area contributed by atoms with Gasteiger partial charge in [-0.05, 0) is 36.8 Å². The molecule has 0 spiro atoms. The van der Waals surface area contributed by atoms with Gasteiger partial charge in [0.15, 0.2) is 8.32 Å². The van der Waals surface area contributed by atoms with E-state index >= 15 is 0 Å². The third kappa shape index (κ3) is 3.07. The molecule has 0 unspecified atom stereocenters. The van der Waals surface area contributed by atoms with Crippen molar-refractivity contribution >= 4 is 14.0 Å². The average Bonchev–Trinajstić information content (AvgIpc) is 1.91. The summed E-state index contributed by atoms with van der Waals surface area (Å²) in [6.45, 7) is 3.87. The molecule has 0 atom stereocenters. The minimum atomic E-state index is -1.96.